The third-order valence-electron chi connectivity index (χ3n) is 2.97. The number of hydrogen-bond donors (Lipinski definition) is 1. The van der Waals surface area contributed by atoms with Gasteiger partial charge < -0.3 is 9.84 Å². The molecule has 0 heterocycles. The molecule has 98 valence electrons. The maximum Gasteiger partial charge on any atom is 0.313 e. The number of rotatable bonds is 4. The maximum atomic E-state index is 11.9. The zero-order valence-electron chi connectivity index (χ0n) is 10.7. The molecule has 0 saturated carbocycles. The van der Waals surface area contributed by atoms with E-state index in [0.717, 1.165) is 11.1 Å². The smallest absolute Gasteiger partial charge is 0.313 e. The molecule has 0 saturated heterocycles. The molecule has 0 amide bonds. The molecule has 0 aromatic heterocycles. The fraction of sp³-hybridized carbons (Fsp3) is 0.188. The van der Waals surface area contributed by atoms with Gasteiger partial charge in [0.15, 0.2) is 0 Å². The molecule has 2 rings (SSSR count). The highest BCUT2D eigenvalue weighted by atomic mass is 16.5. The molecule has 0 fully saturated rings. The van der Waals surface area contributed by atoms with E-state index < -0.39 is 0 Å². The van der Waals surface area contributed by atoms with Crippen LogP contribution in [0.2, 0.25) is 0 Å². The number of benzene rings is 2. The lowest BCUT2D eigenvalue weighted by Crippen LogP contribution is -2.13. The highest BCUT2D eigenvalue weighted by Gasteiger charge is 2.16. The van der Waals surface area contributed by atoms with Crippen molar-refractivity contribution in [1.82, 2.24) is 0 Å². The molecule has 19 heavy (non-hydrogen) atoms. The van der Waals surface area contributed by atoms with Crippen molar-refractivity contribution in [3.05, 3.63) is 65.7 Å². The van der Waals surface area contributed by atoms with E-state index in [1.807, 2.05) is 30.3 Å². The number of hydrogen-bond acceptors (Lipinski definition) is 3. The van der Waals surface area contributed by atoms with E-state index in [-0.39, 0.29) is 24.2 Å². The van der Waals surface area contributed by atoms with E-state index in [1.165, 1.54) is 0 Å². The molecule has 1 unspecified atom stereocenters. The standard InChI is InChI=1S/C16H16O3/c1-12(14-7-9-15(17)10-8-14)16(18)19-11-13-5-3-2-4-6-13/h2-10,12,17H,11H2,1H3. The number of aromatic hydroxyl groups is 1. The van der Waals surface area contributed by atoms with Gasteiger partial charge in [-0.05, 0) is 30.2 Å². The second-order valence-electron chi connectivity index (χ2n) is 4.41. The zero-order chi connectivity index (χ0) is 13.7. The first-order valence-electron chi connectivity index (χ1n) is 6.16. The van der Waals surface area contributed by atoms with E-state index in [0.29, 0.717) is 0 Å². The van der Waals surface area contributed by atoms with Gasteiger partial charge in [0.25, 0.3) is 0 Å². The highest BCUT2D eigenvalue weighted by Crippen LogP contribution is 2.20. The molecular formula is C16H16O3. The summed E-state index contributed by atoms with van der Waals surface area (Å²) in [6, 6.07) is 16.2. The van der Waals surface area contributed by atoms with Crippen molar-refractivity contribution in [2.24, 2.45) is 0 Å². The van der Waals surface area contributed by atoms with E-state index in [1.54, 1.807) is 31.2 Å². The van der Waals surface area contributed by atoms with Crippen LogP contribution in [0, 0.1) is 0 Å². The Morgan fingerprint density at radius 1 is 1.11 bits per heavy atom. The summed E-state index contributed by atoms with van der Waals surface area (Å²) in [7, 11) is 0. The second kappa shape index (κ2) is 6.05. The van der Waals surface area contributed by atoms with Gasteiger partial charge in [0, 0.05) is 0 Å². The number of phenols is 1. The van der Waals surface area contributed by atoms with Crippen LogP contribution in [0.15, 0.2) is 54.6 Å². The van der Waals surface area contributed by atoms with Crippen LogP contribution in [0.3, 0.4) is 0 Å². The number of ether oxygens (including phenoxy) is 1. The average molecular weight is 256 g/mol. The van der Waals surface area contributed by atoms with Crippen LogP contribution < -0.4 is 0 Å². The summed E-state index contributed by atoms with van der Waals surface area (Å²) in [5, 5.41) is 9.21. The van der Waals surface area contributed by atoms with Gasteiger partial charge in [-0.3, -0.25) is 4.79 Å². The van der Waals surface area contributed by atoms with Crippen molar-refractivity contribution < 1.29 is 14.6 Å². The molecule has 2 aromatic rings. The lowest BCUT2D eigenvalue weighted by Gasteiger charge is -2.12. The highest BCUT2D eigenvalue weighted by molar-refractivity contribution is 5.77. The summed E-state index contributed by atoms with van der Waals surface area (Å²) in [5.41, 5.74) is 1.80. The fourth-order valence-electron chi connectivity index (χ4n) is 1.75. The lowest BCUT2D eigenvalue weighted by atomic mass is 10.0. The number of carbonyl (C=O) groups excluding carboxylic acids is 1. The minimum atomic E-state index is -0.343. The van der Waals surface area contributed by atoms with Crippen LogP contribution in [0.5, 0.6) is 5.75 Å². The molecule has 0 aliphatic rings. The van der Waals surface area contributed by atoms with Gasteiger partial charge in [-0.25, -0.2) is 0 Å². The third kappa shape index (κ3) is 3.58. The molecule has 1 N–H and O–H groups in total. The van der Waals surface area contributed by atoms with Gasteiger partial charge in [0.05, 0.1) is 5.92 Å². The second-order valence-corrected chi connectivity index (χ2v) is 4.41. The van der Waals surface area contributed by atoms with Crippen molar-refractivity contribution in [3.8, 4) is 5.75 Å². The molecule has 3 heteroatoms. The van der Waals surface area contributed by atoms with Crippen LogP contribution in [-0.4, -0.2) is 11.1 Å². The summed E-state index contributed by atoms with van der Waals surface area (Å²) in [6.45, 7) is 2.07. The molecular weight excluding hydrogens is 240 g/mol. The molecule has 3 nitrogen and oxygen atoms in total. The van der Waals surface area contributed by atoms with Gasteiger partial charge in [-0.2, -0.15) is 0 Å². The first-order valence-corrected chi connectivity index (χ1v) is 6.16. The van der Waals surface area contributed by atoms with Crippen molar-refractivity contribution in [3.63, 3.8) is 0 Å². The Labute approximate surface area is 112 Å². The molecule has 0 radical (unpaired) electrons. The SMILES string of the molecule is CC(C(=O)OCc1ccccc1)c1ccc(O)cc1. The van der Waals surface area contributed by atoms with Crippen molar-refractivity contribution in [1.29, 1.82) is 0 Å². The zero-order valence-corrected chi connectivity index (χ0v) is 10.7. The monoisotopic (exact) mass is 256 g/mol. The Hall–Kier alpha value is -2.29. The minimum Gasteiger partial charge on any atom is -0.508 e. The maximum absolute atomic E-state index is 11.9. The Kier molecular flexibility index (Phi) is 4.18. The molecule has 0 spiro atoms. The average Bonchev–Trinajstić information content (AvgIpc) is 2.46. The fourth-order valence-corrected chi connectivity index (χ4v) is 1.75. The third-order valence-corrected chi connectivity index (χ3v) is 2.97. The molecule has 0 aliphatic heterocycles. The predicted octanol–water partition coefficient (Wildman–Crippen LogP) is 3.24. The minimum absolute atomic E-state index is 0.189. The quantitative estimate of drug-likeness (QED) is 0.854. The van der Waals surface area contributed by atoms with Gasteiger partial charge in [-0.1, -0.05) is 42.5 Å². The predicted molar refractivity (Wildman–Crippen MR) is 72.8 cm³/mol. The van der Waals surface area contributed by atoms with Crippen LogP contribution in [0.25, 0.3) is 0 Å². The summed E-state index contributed by atoms with van der Waals surface area (Å²) in [5.74, 6) is -0.424. The Balaban J connectivity index is 1.94. The molecule has 0 bridgehead atoms. The summed E-state index contributed by atoms with van der Waals surface area (Å²) >= 11 is 0. The van der Waals surface area contributed by atoms with Gasteiger partial charge in [0.1, 0.15) is 12.4 Å². The number of esters is 1. The van der Waals surface area contributed by atoms with Crippen molar-refractivity contribution in [2.75, 3.05) is 0 Å². The Bertz CT molecular complexity index is 532. The van der Waals surface area contributed by atoms with Crippen LogP contribution in [0.1, 0.15) is 24.0 Å². The van der Waals surface area contributed by atoms with Gasteiger partial charge in [0.2, 0.25) is 0 Å². The van der Waals surface area contributed by atoms with Gasteiger partial charge in [-0.15, -0.1) is 0 Å². The molecule has 2 aromatic carbocycles. The first kappa shape index (κ1) is 13.1. The summed E-state index contributed by atoms with van der Waals surface area (Å²) in [4.78, 5) is 11.9. The number of phenolic OH excluding ortho intramolecular Hbond substituents is 1. The Morgan fingerprint density at radius 3 is 2.37 bits per heavy atom. The lowest BCUT2D eigenvalue weighted by molar-refractivity contribution is -0.146. The van der Waals surface area contributed by atoms with Crippen LogP contribution in [-0.2, 0) is 16.1 Å². The van der Waals surface area contributed by atoms with Crippen LogP contribution >= 0.6 is 0 Å². The first-order chi connectivity index (χ1) is 9.16. The van der Waals surface area contributed by atoms with E-state index in [9.17, 15) is 9.90 Å². The Morgan fingerprint density at radius 2 is 1.74 bits per heavy atom. The normalized spacial score (nSPS) is 11.8. The number of carbonyl (C=O) groups is 1. The summed E-state index contributed by atoms with van der Waals surface area (Å²) in [6.07, 6.45) is 0. The van der Waals surface area contributed by atoms with E-state index in [4.69, 9.17) is 4.74 Å². The molecule has 1 atom stereocenters. The van der Waals surface area contributed by atoms with E-state index in [2.05, 4.69) is 0 Å². The van der Waals surface area contributed by atoms with Gasteiger partial charge >= 0.3 is 5.97 Å². The van der Waals surface area contributed by atoms with Crippen molar-refractivity contribution >= 4 is 5.97 Å². The summed E-state index contributed by atoms with van der Waals surface area (Å²) < 4.78 is 5.27. The topological polar surface area (TPSA) is 46.5 Å². The van der Waals surface area contributed by atoms with E-state index >= 15 is 0 Å². The van der Waals surface area contributed by atoms with Crippen LogP contribution in [0.4, 0.5) is 0 Å². The largest absolute Gasteiger partial charge is 0.508 e. The van der Waals surface area contributed by atoms with Crippen molar-refractivity contribution in [2.45, 2.75) is 19.4 Å². The molecule has 0 aliphatic carbocycles.